The zero-order valence-electron chi connectivity index (χ0n) is 12.5. The Balaban J connectivity index is 2.43. The molecule has 3 heteroatoms. The van der Waals surface area contributed by atoms with Crippen molar-refractivity contribution in [3.63, 3.8) is 0 Å². The van der Waals surface area contributed by atoms with E-state index in [1.807, 2.05) is 74.5 Å². The smallest absolute Gasteiger partial charge is 0.382 e. The summed E-state index contributed by atoms with van der Waals surface area (Å²) in [6.45, 7) is 5.14. The summed E-state index contributed by atoms with van der Waals surface area (Å²) in [7, 11) is -2.72. The van der Waals surface area contributed by atoms with E-state index in [1.54, 1.807) is 0 Å². The molecule has 108 valence electrons. The topological polar surface area (TPSA) is 18.5 Å². The summed E-state index contributed by atoms with van der Waals surface area (Å²) in [6, 6.07) is 20.0. The minimum absolute atomic E-state index is 0.588. The Hall–Kier alpha value is -1.86. The van der Waals surface area contributed by atoms with E-state index in [2.05, 4.69) is 11.5 Å². The van der Waals surface area contributed by atoms with Gasteiger partial charge >= 0.3 is 8.56 Å². The third-order valence-electron chi connectivity index (χ3n) is 2.99. The van der Waals surface area contributed by atoms with Crippen LogP contribution in [0.15, 0.2) is 60.7 Å². The average molecular weight is 296 g/mol. The van der Waals surface area contributed by atoms with Crippen LogP contribution in [0.2, 0.25) is 0 Å². The zero-order chi connectivity index (χ0) is 15.0. The predicted molar refractivity (Wildman–Crippen MR) is 88.4 cm³/mol. The first-order valence-electron chi connectivity index (χ1n) is 7.22. The summed E-state index contributed by atoms with van der Waals surface area (Å²) in [5, 5.41) is 1.05. The van der Waals surface area contributed by atoms with Crippen LogP contribution < -0.4 is 5.19 Å². The van der Waals surface area contributed by atoms with Crippen LogP contribution in [0.25, 0.3) is 0 Å². The van der Waals surface area contributed by atoms with Gasteiger partial charge in [-0.15, -0.1) is 0 Å². The molecule has 0 saturated heterocycles. The standard InChI is InChI=1S/C18H20O2Si/c1-3-19-21(20-4-2,18-13-9-6-10-14-18)16-15-17-11-7-5-8-12-17/h5-14H,3-4H2,1-2H3. The highest BCUT2D eigenvalue weighted by Crippen LogP contribution is 2.08. The molecule has 0 atom stereocenters. The Morgan fingerprint density at radius 1 is 0.810 bits per heavy atom. The minimum Gasteiger partial charge on any atom is -0.382 e. The van der Waals surface area contributed by atoms with Gasteiger partial charge in [0.1, 0.15) is 0 Å². The molecule has 0 aliphatic heterocycles. The van der Waals surface area contributed by atoms with E-state index in [1.165, 1.54) is 0 Å². The summed E-state index contributed by atoms with van der Waals surface area (Å²) in [5.74, 6) is 3.22. The van der Waals surface area contributed by atoms with Gasteiger partial charge in [0, 0.05) is 24.0 Å². The van der Waals surface area contributed by atoms with Crippen LogP contribution in [0.3, 0.4) is 0 Å². The van der Waals surface area contributed by atoms with Crippen molar-refractivity contribution in [3.8, 4) is 11.5 Å². The van der Waals surface area contributed by atoms with E-state index in [0.29, 0.717) is 13.2 Å². The molecule has 0 amide bonds. The summed E-state index contributed by atoms with van der Waals surface area (Å²) in [6.07, 6.45) is 0. The van der Waals surface area contributed by atoms with Gasteiger partial charge in [-0.3, -0.25) is 0 Å². The minimum atomic E-state index is -2.72. The lowest BCUT2D eigenvalue weighted by molar-refractivity contribution is 0.209. The van der Waals surface area contributed by atoms with E-state index in [9.17, 15) is 0 Å². The molecule has 0 saturated carbocycles. The predicted octanol–water partition coefficient (Wildman–Crippen LogP) is 3.00. The first kappa shape index (κ1) is 15.5. The van der Waals surface area contributed by atoms with Crippen LogP contribution in [0, 0.1) is 11.5 Å². The molecule has 2 aromatic rings. The number of rotatable bonds is 5. The van der Waals surface area contributed by atoms with Crippen LogP contribution in [-0.4, -0.2) is 21.8 Å². The lowest BCUT2D eigenvalue weighted by Crippen LogP contribution is -2.53. The highest BCUT2D eigenvalue weighted by Gasteiger charge is 2.38. The van der Waals surface area contributed by atoms with Crippen LogP contribution in [0.1, 0.15) is 19.4 Å². The number of hydrogen-bond donors (Lipinski definition) is 0. The first-order valence-corrected chi connectivity index (χ1v) is 9.04. The van der Waals surface area contributed by atoms with E-state index in [4.69, 9.17) is 8.85 Å². The second-order valence-electron chi connectivity index (χ2n) is 4.46. The quantitative estimate of drug-likeness (QED) is 0.624. The molecule has 0 radical (unpaired) electrons. The Kier molecular flexibility index (Phi) is 5.76. The fraction of sp³-hybridized carbons (Fsp3) is 0.222. The average Bonchev–Trinajstić information content (AvgIpc) is 2.55. The second kappa shape index (κ2) is 7.80. The van der Waals surface area contributed by atoms with Crippen LogP contribution in [-0.2, 0) is 8.85 Å². The molecule has 0 N–H and O–H groups in total. The molecule has 0 fully saturated rings. The van der Waals surface area contributed by atoms with Gasteiger partial charge in [0.25, 0.3) is 0 Å². The molecule has 0 heterocycles. The summed E-state index contributed by atoms with van der Waals surface area (Å²) in [5.41, 5.74) is 4.29. The monoisotopic (exact) mass is 296 g/mol. The molecule has 0 bridgehead atoms. The maximum atomic E-state index is 6.02. The van der Waals surface area contributed by atoms with Gasteiger partial charge in [0.2, 0.25) is 0 Å². The van der Waals surface area contributed by atoms with Gasteiger partial charge in [0.15, 0.2) is 0 Å². The van der Waals surface area contributed by atoms with E-state index in [-0.39, 0.29) is 0 Å². The third kappa shape index (κ3) is 4.05. The highest BCUT2D eigenvalue weighted by molar-refractivity contribution is 6.88. The summed E-state index contributed by atoms with van der Waals surface area (Å²) < 4.78 is 12.0. The van der Waals surface area contributed by atoms with E-state index in [0.717, 1.165) is 10.8 Å². The van der Waals surface area contributed by atoms with Crippen molar-refractivity contribution in [3.05, 3.63) is 66.2 Å². The molecule has 2 nitrogen and oxygen atoms in total. The van der Waals surface area contributed by atoms with Crippen molar-refractivity contribution >= 4 is 13.7 Å². The van der Waals surface area contributed by atoms with Crippen molar-refractivity contribution in [1.29, 1.82) is 0 Å². The molecule has 2 rings (SSSR count). The Labute approximate surface area is 128 Å². The molecule has 0 unspecified atom stereocenters. The molecule has 2 aromatic carbocycles. The van der Waals surface area contributed by atoms with Crippen molar-refractivity contribution < 1.29 is 8.85 Å². The van der Waals surface area contributed by atoms with Crippen molar-refractivity contribution in [2.45, 2.75) is 13.8 Å². The van der Waals surface area contributed by atoms with Crippen molar-refractivity contribution in [1.82, 2.24) is 0 Å². The number of benzene rings is 2. The van der Waals surface area contributed by atoms with Gasteiger partial charge in [0.05, 0.1) is 0 Å². The zero-order valence-corrected chi connectivity index (χ0v) is 13.5. The third-order valence-corrected chi connectivity index (χ3v) is 5.93. The summed E-state index contributed by atoms with van der Waals surface area (Å²) >= 11 is 0. The maximum Gasteiger partial charge on any atom is 0.459 e. The number of hydrogen-bond acceptors (Lipinski definition) is 2. The molecule has 0 aliphatic rings. The largest absolute Gasteiger partial charge is 0.459 e. The highest BCUT2D eigenvalue weighted by atomic mass is 28.4. The Morgan fingerprint density at radius 2 is 1.33 bits per heavy atom. The Morgan fingerprint density at radius 3 is 1.86 bits per heavy atom. The lowest BCUT2D eigenvalue weighted by Gasteiger charge is -2.24. The summed E-state index contributed by atoms with van der Waals surface area (Å²) in [4.78, 5) is 0. The maximum absolute atomic E-state index is 6.02. The van der Waals surface area contributed by atoms with Crippen molar-refractivity contribution in [2.75, 3.05) is 13.2 Å². The molecule has 21 heavy (non-hydrogen) atoms. The van der Waals surface area contributed by atoms with Gasteiger partial charge in [-0.1, -0.05) is 60.0 Å². The van der Waals surface area contributed by atoms with Crippen LogP contribution in [0.4, 0.5) is 0 Å². The lowest BCUT2D eigenvalue weighted by atomic mass is 10.2. The fourth-order valence-electron chi connectivity index (χ4n) is 2.09. The van der Waals surface area contributed by atoms with Crippen LogP contribution in [0.5, 0.6) is 0 Å². The van der Waals surface area contributed by atoms with Gasteiger partial charge in [-0.2, -0.15) is 0 Å². The Bertz CT molecular complexity index is 593. The van der Waals surface area contributed by atoms with E-state index >= 15 is 0 Å². The molecule has 0 aromatic heterocycles. The SMILES string of the molecule is CCO[Si](C#Cc1ccccc1)(OCC)c1ccccc1. The second-order valence-corrected chi connectivity index (χ2v) is 7.10. The van der Waals surface area contributed by atoms with Crippen molar-refractivity contribution in [2.24, 2.45) is 0 Å². The molecular formula is C18H20O2Si. The normalized spacial score (nSPS) is 10.8. The van der Waals surface area contributed by atoms with Crippen LogP contribution >= 0.6 is 0 Å². The van der Waals surface area contributed by atoms with E-state index < -0.39 is 8.56 Å². The molecular weight excluding hydrogens is 276 g/mol. The molecule has 0 spiro atoms. The van der Waals surface area contributed by atoms with Gasteiger partial charge in [-0.25, -0.2) is 0 Å². The van der Waals surface area contributed by atoms with Gasteiger partial charge < -0.3 is 8.85 Å². The first-order chi connectivity index (χ1) is 10.3. The molecule has 0 aliphatic carbocycles. The fourth-order valence-corrected chi connectivity index (χ4v) is 4.55. The van der Waals surface area contributed by atoms with Gasteiger partial charge in [-0.05, 0) is 26.0 Å².